The molecule has 15 heteroatoms. The van der Waals surface area contributed by atoms with Crippen LogP contribution in [0.1, 0.15) is 22.3 Å². The number of phenols is 1. The number of hydrogen-bond donors (Lipinski definition) is 4. The number of hydrogen-bond acceptors (Lipinski definition) is 10. The number of phenolic OH excluding ortho intramolecular Hbond substituents is 1. The molecule has 0 heterocycles. The third-order valence-corrected chi connectivity index (χ3v) is 8.03. The molecule has 3 aliphatic rings. The number of anilines is 2. The van der Waals surface area contributed by atoms with Crippen molar-refractivity contribution in [1.82, 2.24) is 4.90 Å². The van der Waals surface area contributed by atoms with Gasteiger partial charge in [0.2, 0.25) is 5.91 Å². The number of nitrogens with one attached hydrogen (secondary N) is 1. The lowest BCUT2D eigenvalue weighted by molar-refractivity contribution is -0.181. The average molecular weight is 569 g/mol. The fraction of sp³-hybridized carbons (Fsp3) is 0.520. The van der Waals surface area contributed by atoms with E-state index in [1.165, 1.54) is 43.3 Å². The molecule has 2 saturated carbocycles. The highest BCUT2D eigenvalue weighted by Gasteiger charge is 2.69. The van der Waals surface area contributed by atoms with Gasteiger partial charge in [0.1, 0.15) is 5.75 Å². The molecule has 1 aromatic rings. The third kappa shape index (κ3) is 4.06. The molecule has 4 rings (SSSR count). The first-order chi connectivity index (χ1) is 18.3. The molecule has 0 bridgehead atoms. The van der Waals surface area contributed by atoms with E-state index in [1.54, 1.807) is 0 Å². The molecule has 6 atom stereocenters. The second kappa shape index (κ2) is 9.37. The molecule has 1 aromatic carbocycles. The monoisotopic (exact) mass is 568 g/mol. The van der Waals surface area contributed by atoms with Crippen LogP contribution in [0, 0.1) is 23.7 Å². The van der Waals surface area contributed by atoms with Crippen LogP contribution >= 0.6 is 0 Å². The van der Waals surface area contributed by atoms with Gasteiger partial charge in [-0.1, -0.05) is 0 Å². The number of amides is 2. The van der Waals surface area contributed by atoms with Crippen molar-refractivity contribution in [3.63, 3.8) is 0 Å². The summed E-state index contributed by atoms with van der Waals surface area (Å²) in [6, 6.07) is -0.219. The predicted molar refractivity (Wildman–Crippen MR) is 130 cm³/mol. The fourth-order valence-electron chi connectivity index (χ4n) is 6.34. The van der Waals surface area contributed by atoms with Gasteiger partial charge < -0.3 is 26.2 Å². The molecule has 5 N–H and O–H groups in total. The van der Waals surface area contributed by atoms with Gasteiger partial charge in [0, 0.05) is 25.7 Å². The average Bonchev–Trinajstić information content (AvgIpc) is 2.81. The third-order valence-electron chi connectivity index (χ3n) is 8.03. The molecule has 0 saturated heterocycles. The maximum Gasteiger partial charge on any atom is 0.471 e. The number of halogens is 3. The quantitative estimate of drug-likeness (QED) is 0.271. The molecule has 0 spiro atoms. The van der Waals surface area contributed by atoms with E-state index < -0.39 is 93.4 Å². The Morgan fingerprint density at radius 2 is 1.70 bits per heavy atom. The number of carbonyl (C=O) groups is 6. The Morgan fingerprint density at radius 3 is 2.20 bits per heavy atom. The molecule has 0 radical (unpaired) electrons. The topological polar surface area (TPSA) is 187 Å². The number of alkyl halides is 3. The molecule has 216 valence electrons. The van der Waals surface area contributed by atoms with Gasteiger partial charge in [-0.05, 0) is 44.5 Å². The molecule has 40 heavy (non-hydrogen) atoms. The Kier molecular flexibility index (Phi) is 6.82. The molecule has 2 fully saturated rings. The van der Waals surface area contributed by atoms with Crippen LogP contribution in [0.25, 0.3) is 0 Å². The number of rotatable bonds is 4. The number of likely N-dealkylation sites (N-methyl/N-ethyl adjacent to an activating group) is 1. The highest BCUT2D eigenvalue weighted by atomic mass is 19.4. The highest BCUT2D eigenvalue weighted by molar-refractivity contribution is 6.32. The molecule has 0 aliphatic heterocycles. The van der Waals surface area contributed by atoms with E-state index in [-0.39, 0.29) is 24.1 Å². The summed E-state index contributed by atoms with van der Waals surface area (Å²) >= 11 is 0. The van der Waals surface area contributed by atoms with E-state index >= 15 is 0 Å². The van der Waals surface area contributed by atoms with Crippen molar-refractivity contribution in [3.05, 3.63) is 17.2 Å². The van der Waals surface area contributed by atoms with Crippen molar-refractivity contribution in [3.8, 4) is 5.75 Å². The summed E-state index contributed by atoms with van der Waals surface area (Å²) in [5.74, 6) is -15.6. The van der Waals surface area contributed by atoms with Gasteiger partial charge >= 0.3 is 12.1 Å². The molecule has 2 amide bonds. The summed E-state index contributed by atoms with van der Waals surface area (Å²) in [7, 11) is 5.92. The lowest BCUT2D eigenvalue weighted by Crippen LogP contribution is -2.74. The smallest absolute Gasteiger partial charge is 0.471 e. The van der Waals surface area contributed by atoms with Crippen molar-refractivity contribution in [1.29, 1.82) is 0 Å². The molecular weight excluding hydrogens is 541 g/mol. The first-order valence-electron chi connectivity index (χ1n) is 12.1. The van der Waals surface area contributed by atoms with Crippen LogP contribution < -0.4 is 16.0 Å². The maximum absolute atomic E-state index is 13.8. The van der Waals surface area contributed by atoms with E-state index in [1.807, 2.05) is 0 Å². The van der Waals surface area contributed by atoms with Gasteiger partial charge in [0.15, 0.2) is 34.7 Å². The lowest BCUT2D eigenvalue weighted by atomic mass is 9.52. The normalized spacial score (nSPS) is 30.0. The summed E-state index contributed by atoms with van der Waals surface area (Å²) in [5.41, 5.74) is 1.37. The van der Waals surface area contributed by atoms with E-state index in [9.17, 15) is 52.2 Å². The number of fused-ring (bicyclic) bond motifs is 3. The number of nitrogens with zero attached hydrogens (tertiary/aromatic N) is 2. The molecular formula is C25H27F3N4O8. The van der Waals surface area contributed by atoms with Gasteiger partial charge in [0.25, 0.3) is 0 Å². The minimum absolute atomic E-state index is 0.0968. The second-order valence-corrected chi connectivity index (χ2v) is 10.8. The number of aromatic hydroxyl groups is 1. The number of benzene rings is 1. The minimum Gasteiger partial charge on any atom is -0.505 e. The molecule has 3 aliphatic carbocycles. The van der Waals surface area contributed by atoms with Crippen molar-refractivity contribution < 1.29 is 52.2 Å². The van der Waals surface area contributed by atoms with Crippen LogP contribution in [0.15, 0.2) is 6.07 Å². The zero-order valence-corrected chi connectivity index (χ0v) is 21.8. The van der Waals surface area contributed by atoms with E-state index in [4.69, 9.17) is 5.73 Å². The van der Waals surface area contributed by atoms with Crippen molar-refractivity contribution in [2.75, 3.05) is 38.4 Å². The Hall–Kier alpha value is -3.85. The van der Waals surface area contributed by atoms with Crippen LogP contribution in [-0.2, 0) is 30.4 Å². The highest BCUT2D eigenvalue weighted by Crippen LogP contribution is 2.52. The van der Waals surface area contributed by atoms with Crippen LogP contribution in [0.2, 0.25) is 0 Å². The first kappa shape index (κ1) is 29.1. The Morgan fingerprint density at radius 1 is 1.10 bits per heavy atom. The van der Waals surface area contributed by atoms with Crippen molar-refractivity contribution >= 4 is 46.3 Å². The number of ketones is 4. The molecule has 12 nitrogen and oxygen atoms in total. The summed E-state index contributed by atoms with van der Waals surface area (Å²) in [5, 5.41) is 23.9. The zero-order chi connectivity index (χ0) is 30.2. The SMILES string of the molecule is CN(C)c1cc(NC(=O)C(F)(F)F)c(O)c2c1CC1CC3[C@H](N(C)C)C(=O)C(C(N)=O)C(=O)[C@@]3(O)C(=O)C1C2=O. The molecule has 4 unspecified atom stereocenters. The van der Waals surface area contributed by atoms with Gasteiger partial charge in [0.05, 0.1) is 23.2 Å². The predicted octanol–water partition coefficient (Wildman–Crippen LogP) is -0.566. The maximum atomic E-state index is 13.8. The molecule has 0 aromatic heterocycles. The summed E-state index contributed by atoms with van der Waals surface area (Å²) in [4.78, 5) is 80.4. The van der Waals surface area contributed by atoms with Gasteiger partial charge in [-0.3, -0.25) is 33.7 Å². The van der Waals surface area contributed by atoms with Gasteiger partial charge in [-0.25, -0.2) is 0 Å². The fourth-order valence-corrected chi connectivity index (χ4v) is 6.34. The second-order valence-electron chi connectivity index (χ2n) is 10.8. The summed E-state index contributed by atoms with van der Waals surface area (Å²) < 4.78 is 38.8. The van der Waals surface area contributed by atoms with Gasteiger partial charge in [-0.2, -0.15) is 13.2 Å². The van der Waals surface area contributed by atoms with Crippen molar-refractivity contribution in [2.45, 2.75) is 30.7 Å². The van der Waals surface area contributed by atoms with E-state index in [0.29, 0.717) is 0 Å². The van der Waals surface area contributed by atoms with Crippen LogP contribution in [0.3, 0.4) is 0 Å². The lowest BCUT2D eigenvalue weighted by Gasteiger charge is -2.52. The van der Waals surface area contributed by atoms with Crippen molar-refractivity contribution in [2.24, 2.45) is 29.4 Å². The zero-order valence-electron chi connectivity index (χ0n) is 21.8. The van der Waals surface area contributed by atoms with E-state index in [2.05, 4.69) is 0 Å². The van der Waals surface area contributed by atoms with Gasteiger partial charge in [-0.15, -0.1) is 0 Å². The Bertz CT molecular complexity index is 1370. The summed E-state index contributed by atoms with van der Waals surface area (Å²) in [6.45, 7) is 0. The number of primary amides is 1. The first-order valence-corrected chi connectivity index (χ1v) is 12.1. The van der Waals surface area contributed by atoms with Crippen LogP contribution in [-0.4, -0.2) is 96.1 Å². The van der Waals surface area contributed by atoms with Crippen LogP contribution in [0.5, 0.6) is 5.75 Å². The number of Topliss-reactive ketones (excluding diaryl/α,β-unsaturated/α-hetero) is 4. The standard InChI is InChI=1S/C25H27F3N4O8/c1-31(2)12-7-11(30-23(39)25(26,27)28)17(33)14-9(12)5-8-6-10-16(32(3)4)19(35)15(22(29)38)21(37)24(10,40)20(36)13(8)18(14)34/h7-8,10,13,15-16,33,40H,5-6H2,1-4H3,(H2,29,38)(H,30,39)/t8?,10?,13?,15?,16-,24-/m0/s1. The summed E-state index contributed by atoms with van der Waals surface area (Å²) in [6.07, 6.45) is -5.60. The minimum atomic E-state index is -5.31. The number of carbonyl (C=O) groups excluding carboxylic acids is 6. The number of aliphatic hydroxyl groups is 1. The Labute approximate surface area is 225 Å². The van der Waals surface area contributed by atoms with Crippen LogP contribution in [0.4, 0.5) is 24.5 Å². The Balaban J connectivity index is 1.88. The largest absolute Gasteiger partial charge is 0.505 e. The van der Waals surface area contributed by atoms with E-state index in [0.717, 1.165) is 6.07 Å². The number of nitrogens with two attached hydrogens (primary N) is 1.